The third-order valence-corrected chi connectivity index (χ3v) is 8.25. The van der Waals surface area contributed by atoms with E-state index in [1.807, 2.05) is 6.92 Å². The molecule has 0 amide bonds. The van der Waals surface area contributed by atoms with Crippen LogP contribution in [0.5, 0.6) is 0 Å². The van der Waals surface area contributed by atoms with Gasteiger partial charge < -0.3 is 15.4 Å². The molecule has 11 heteroatoms. The van der Waals surface area contributed by atoms with Crippen LogP contribution in [-0.4, -0.2) is 80.8 Å². The number of hydrogen-bond acceptors (Lipinski definition) is 9. The Hall–Kier alpha value is -2.34. The zero-order valence-corrected chi connectivity index (χ0v) is 21.3. The summed E-state index contributed by atoms with van der Waals surface area (Å²) in [4.78, 5) is 30.0. The van der Waals surface area contributed by atoms with Crippen LogP contribution in [0.25, 0.3) is 0 Å². The van der Waals surface area contributed by atoms with E-state index in [1.54, 1.807) is 28.8 Å². The fourth-order valence-corrected chi connectivity index (χ4v) is 5.78. The standard InChI is InChI=1S/C24H37N5O5S.2H2/c1-2-29(14-7-13-28-15-17-34-18-16-28)35(32,33)19-6-4-3-5-10-26-21-22(24(31)23(21)30)27-20-8-11-25-12-9-20;;/h8-9,11-12,26H,2-7,10,13-19H2,1H3,(H,25,27);2*1H. The van der Waals surface area contributed by atoms with Crippen molar-refractivity contribution in [3.63, 3.8) is 0 Å². The number of nitrogens with one attached hydrogen (secondary N) is 2. The zero-order chi connectivity index (χ0) is 25.1. The van der Waals surface area contributed by atoms with Crippen LogP contribution in [0.1, 0.15) is 41.9 Å². The third kappa shape index (κ3) is 8.09. The number of anilines is 3. The minimum Gasteiger partial charge on any atom is -0.380 e. The van der Waals surface area contributed by atoms with E-state index >= 15 is 0 Å². The molecule has 0 saturated carbocycles. The Kier molecular flexibility index (Phi) is 10.6. The molecule has 1 aromatic heterocycles. The number of pyridine rings is 1. The summed E-state index contributed by atoms with van der Waals surface area (Å²) in [7, 11) is -3.25. The average Bonchev–Trinajstić information content (AvgIpc) is 2.88. The molecule has 0 bridgehead atoms. The lowest BCUT2D eigenvalue weighted by Crippen LogP contribution is -2.39. The van der Waals surface area contributed by atoms with Crippen molar-refractivity contribution in [1.82, 2.24) is 14.2 Å². The summed E-state index contributed by atoms with van der Waals surface area (Å²) in [6.07, 6.45) is 7.06. The molecule has 0 aliphatic carbocycles. The van der Waals surface area contributed by atoms with Crippen LogP contribution in [0, 0.1) is 0 Å². The highest BCUT2D eigenvalue weighted by Gasteiger charge is 2.21. The van der Waals surface area contributed by atoms with Crippen LogP contribution in [-0.2, 0) is 14.8 Å². The van der Waals surface area contributed by atoms with Crippen LogP contribution >= 0.6 is 0 Å². The molecule has 3 rings (SSSR count). The average molecular weight is 512 g/mol. The number of aromatic nitrogens is 1. The van der Waals surface area contributed by atoms with Gasteiger partial charge in [0.2, 0.25) is 10.0 Å². The van der Waals surface area contributed by atoms with Crippen LogP contribution in [0.4, 0.5) is 17.1 Å². The van der Waals surface area contributed by atoms with Gasteiger partial charge in [-0.25, -0.2) is 12.7 Å². The number of ether oxygens (including phenoxy) is 1. The maximum absolute atomic E-state index is 12.7. The Bertz CT molecular complexity index is 1090. The second kappa shape index (κ2) is 13.7. The molecular weight excluding hydrogens is 470 g/mol. The van der Waals surface area contributed by atoms with Crippen molar-refractivity contribution in [2.75, 3.05) is 68.9 Å². The Morgan fingerprint density at radius 2 is 1.71 bits per heavy atom. The van der Waals surface area contributed by atoms with Gasteiger partial charge in [-0.2, -0.15) is 0 Å². The van der Waals surface area contributed by atoms with Gasteiger partial charge in [-0.15, -0.1) is 0 Å². The summed E-state index contributed by atoms with van der Waals surface area (Å²) in [6.45, 7) is 7.71. The summed E-state index contributed by atoms with van der Waals surface area (Å²) in [5.74, 6) is 0.157. The molecule has 0 atom stereocenters. The fraction of sp³-hybridized carbons (Fsp3) is 0.625. The lowest BCUT2D eigenvalue weighted by molar-refractivity contribution is 0.0369. The monoisotopic (exact) mass is 511 g/mol. The van der Waals surface area contributed by atoms with Crippen molar-refractivity contribution in [3.8, 4) is 0 Å². The molecule has 0 unspecified atom stereocenters. The third-order valence-electron chi connectivity index (χ3n) is 6.22. The van der Waals surface area contributed by atoms with E-state index in [0.29, 0.717) is 37.4 Å². The van der Waals surface area contributed by atoms with Gasteiger partial charge in [0.25, 0.3) is 10.9 Å². The summed E-state index contributed by atoms with van der Waals surface area (Å²) in [5, 5.41) is 6.01. The Labute approximate surface area is 210 Å². The number of morpholine rings is 1. The summed E-state index contributed by atoms with van der Waals surface area (Å²) in [6, 6.07) is 3.44. The van der Waals surface area contributed by atoms with Gasteiger partial charge in [0.15, 0.2) is 0 Å². The normalized spacial score (nSPS) is 15.0. The lowest BCUT2D eigenvalue weighted by Gasteiger charge is -2.27. The summed E-state index contributed by atoms with van der Waals surface area (Å²) >= 11 is 0. The molecule has 35 heavy (non-hydrogen) atoms. The van der Waals surface area contributed by atoms with Gasteiger partial charge in [0.05, 0.1) is 19.0 Å². The highest BCUT2D eigenvalue weighted by Crippen LogP contribution is 2.20. The number of unbranched alkanes of at least 4 members (excludes halogenated alkanes) is 3. The van der Waals surface area contributed by atoms with E-state index in [1.165, 1.54) is 0 Å². The largest absolute Gasteiger partial charge is 0.380 e. The molecule has 2 N–H and O–H groups in total. The quantitative estimate of drug-likeness (QED) is 0.258. The molecule has 2 heterocycles. The van der Waals surface area contributed by atoms with Crippen molar-refractivity contribution in [1.29, 1.82) is 0 Å². The molecule has 1 aliphatic rings. The van der Waals surface area contributed by atoms with E-state index in [9.17, 15) is 18.0 Å². The highest BCUT2D eigenvalue weighted by molar-refractivity contribution is 7.89. The number of nitrogens with zero attached hydrogens (tertiary/aromatic N) is 3. The SMILES string of the molecule is CCN(CCCN1CCOCC1)S(=O)(=O)CCCCCCNc1c(Nc2ccncc2)c(=O)c1=O.[HH].[HH]. The topological polar surface area (TPSA) is 121 Å². The first kappa shape index (κ1) is 27.3. The Morgan fingerprint density at radius 1 is 1.03 bits per heavy atom. The molecule has 0 radical (unpaired) electrons. The van der Waals surface area contributed by atoms with Crippen molar-refractivity contribution in [2.45, 2.75) is 39.0 Å². The first-order valence-corrected chi connectivity index (χ1v) is 14.1. The van der Waals surface area contributed by atoms with Crippen molar-refractivity contribution >= 4 is 27.1 Å². The van der Waals surface area contributed by atoms with Gasteiger partial charge in [0.1, 0.15) is 11.4 Å². The van der Waals surface area contributed by atoms with E-state index in [0.717, 1.165) is 58.5 Å². The Balaban J connectivity index is 0.00000342. The molecule has 2 aromatic rings. The van der Waals surface area contributed by atoms with E-state index in [2.05, 4.69) is 20.5 Å². The molecule has 198 valence electrons. The first-order chi connectivity index (χ1) is 16.9. The molecular formula is C24H41N5O5S. The minimum atomic E-state index is -3.25. The molecule has 1 aliphatic heterocycles. The number of sulfonamides is 1. The maximum atomic E-state index is 12.7. The van der Waals surface area contributed by atoms with E-state index in [4.69, 9.17) is 4.74 Å². The molecule has 1 fully saturated rings. The summed E-state index contributed by atoms with van der Waals surface area (Å²) < 4.78 is 32.4. The van der Waals surface area contributed by atoms with Gasteiger partial charge in [0, 0.05) is 53.7 Å². The molecule has 10 nitrogen and oxygen atoms in total. The number of hydrogen-bond donors (Lipinski definition) is 2. The van der Waals surface area contributed by atoms with Gasteiger partial charge in [-0.3, -0.25) is 19.5 Å². The van der Waals surface area contributed by atoms with Crippen LogP contribution < -0.4 is 21.5 Å². The molecule has 1 aromatic carbocycles. The second-order valence-electron chi connectivity index (χ2n) is 8.73. The Morgan fingerprint density at radius 3 is 2.43 bits per heavy atom. The molecule has 1 saturated heterocycles. The van der Waals surface area contributed by atoms with E-state index in [-0.39, 0.29) is 14.3 Å². The number of rotatable bonds is 16. The lowest BCUT2D eigenvalue weighted by atomic mass is 10.1. The molecule has 0 spiro atoms. The first-order valence-electron chi connectivity index (χ1n) is 12.4. The second-order valence-corrected chi connectivity index (χ2v) is 10.8. The fourth-order valence-electron chi connectivity index (χ4n) is 4.15. The zero-order valence-electron chi connectivity index (χ0n) is 20.5. The van der Waals surface area contributed by atoms with Crippen molar-refractivity contribution in [3.05, 3.63) is 45.0 Å². The van der Waals surface area contributed by atoms with Crippen LogP contribution in [0.15, 0.2) is 34.1 Å². The minimum absolute atomic E-state index is 0. The van der Waals surface area contributed by atoms with Crippen LogP contribution in [0.2, 0.25) is 0 Å². The van der Waals surface area contributed by atoms with E-state index < -0.39 is 20.9 Å². The van der Waals surface area contributed by atoms with Gasteiger partial charge >= 0.3 is 0 Å². The van der Waals surface area contributed by atoms with Crippen LogP contribution in [0.3, 0.4) is 0 Å². The van der Waals surface area contributed by atoms with Gasteiger partial charge in [-0.05, 0) is 37.9 Å². The maximum Gasteiger partial charge on any atom is 0.253 e. The highest BCUT2D eigenvalue weighted by atomic mass is 32.2. The predicted molar refractivity (Wildman–Crippen MR) is 143 cm³/mol. The smallest absolute Gasteiger partial charge is 0.253 e. The van der Waals surface area contributed by atoms with Crippen molar-refractivity contribution < 1.29 is 16.0 Å². The predicted octanol–water partition coefficient (Wildman–Crippen LogP) is 2.26. The van der Waals surface area contributed by atoms with Gasteiger partial charge in [-0.1, -0.05) is 19.8 Å². The van der Waals surface area contributed by atoms with Crippen molar-refractivity contribution in [2.24, 2.45) is 0 Å². The summed E-state index contributed by atoms with van der Waals surface area (Å²) in [5.41, 5.74) is 0.241.